The molecule has 0 saturated carbocycles. The minimum atomic E-state index is -0.861. The van der Waals surface area contributed by atoms with Crippen LogP contribution in [0, 0.1) is 6.92 Å². The summed E-state index contributed by atoms with van der Waals surface area (Å²) in [6, 6.07) is 0. The summed E-state index contributed by atoms with van der Waals surface area (Å²) in [5.74, 6) is -0.624. The molecule has 16 heavy (non-hydrogen) atoms. The lowest BCUT2D eigenvalue weighted by Crippen LogP contribution is -2.10. The Balaban J connectivity index is 2.55. The van der Waals surface area contributed by atoms with E-state index in [2.05, 4.69) is 4.98 Å². The third-order valence-electron chi connectivity index (χ3n) is 1.76. The van der Waals surface area contributed by atoms with E-state index in [9.17, 15) is 9.59 Å². The molecule has 0 saturated heterocycles. The third kappa shape index (κ3) is 4.19. The molecule has 1 rings (SSSR count). The van der Waals surface area contributed by atoms with Crippen LogP contribution in [0.1, 0.15) is 17.0 Å². The first-order chi connectivity index (χ1) is 7.49. The van der Waals surface area contributed by atoms with Crippen LogP contribution in [0.5, 0.6) is 0 Å². The summed E-state index contributed by atoms with van der Waals surface area (Å²) in [6.45, 7) is 1.78. The number of aryl methyl sites for hydroxylation is 1. The van der Waals surface area contributed by atoms with Crippen LogP contribution in [0.2, 0.25) is 0 Å². The number of aromatic nitrogens is 1. The number of aliphatic carboxylic acids is 1. The van der Waals surface area contributed by atoms with Gasteiger partial charge in [-0.05, 0) is 6.92 Å². The molecule has 5 nitrogen and oxygen atoms in total. The number of thiazole rings is 1. The Hall–Kier alpha value is -1.08. The molecule has 0 radical (unpaired) electrons. The van der Waals surface area contributed by atoms with Crippen molar-refractivity contribution in [2.75, 3.05) is 5.75 Å². The van der Waals surface area contributed by atoms with Gasteiger partial charge >= 0.3 is 5.97 Å². The van der Waals surface area contributed by atoms with Crippen LogP contribution in [-0.4, -0.2) is 27.7 Å². The SMILES string of the molecule is Cc1nc(SCCC(N)=O)sc1CC(=O)O. The minimum absolute atomic E-state index is 0.000120. The molecule has 7 heteroatoms. The summed E-state index contributed by atoms with van der Waals surface area (Å²) in [6.07, 6.45) is 0.303. The summed E-state index contributed by atoms with van der Waals surface area (Å²) in [5.41, 5.74) is 5.76. The molecule has 0 aromatic carbocycles. The highest BCUT2D eigenvalue weighted by Gasteiger charge is 2.11. The molecular weight excluding hydrogens is 248 g/mol. The number of carboxylic acids is 1. The Kier molecular flexibility index (Phi) is 4.75. The number of nitrogens with two attached hydrogens (primary N) is 1. The van der Waals surface area contributed by atoms with E-state index in [-0.39, 0.29) is 12.3 Å². The summed E-state index contributed by atoms with van der Waals surface area (Å²) in [7, 11) is 0. The Morgan fingerprint density at radius 3 is 2.81 bits per heavy atom. The molecule has 1 aromatic heterocycles. The molecule has 1 amide bonds. The normalized spacial score (nSPS) is 10.3. The quantitative estimate of drug-likeness (QED) is 0.746. The maximum atomic E-state index is 10.5. The minimum Gasteiger partial charge on any atom is -0.481 e. The fourth-order valence-corrected chi connectivity index (χ4v) is 3.25. The highest BCUT2D eigenvalue weighted by atomic mass is 32.2. The highest BCUT2D eigenvalue weighted by molar-refractivity contribution is 8.01. The van der Waals surface area contributed by atoms with Gasteiger partial charge in [-0.1, -0.05) is 11.8 Å². The van der Waals surface area contributed by atoms with E-state index in [1.54, 1.807) is 6.92 Å². The van der Waals surface area contributed by atoms with Crippen molar-refractivity contribution < 1.29 is 14.7 Å². The van der Waals surface area contributed by atoms with Crippen LogP contribution in [0.25, 0.3) is 0 Å². The van der Waals surface area contributed by atoms with Crippen molar-refractivity contribution in [3.8, 4) is 0 Å². The Labute approximate surface area is 101 Å². The fourth-order valence-electron chi connectivity index (χ4n) is 1.00. The summed E-state index contributed by atoms with van der Waals surface area (Å²) >= 11 is 2.78. The number of amides is 1. The van der Waals surface area contributed by atoms with Gasteiger partial charge in [-0.25, -0.2) is 4.98 Å². The van der Waals surface area contributed by atoms with E-state index >= 15 is 0 Å². The van der Waals surface area contributed by atoms with Gasteiger partial charge in [0.25, 0.3) is 0 Å². The van der Waals surface area contributed by atoms with Gasteiger partial charge in [0.1, 0.15) is 4.34 Å². The van der Waals surface area contributed by atoms with E-state index in [4.69, 9.17) is 10.8 Å². The number of carbonyl (C=O) groups excluding carboxylic acids is 1. The van der Waals surface area contributed by atoms with Crippen molar-refractivity contribution in [3.63, 3.8) is 0 Å². The molecule has 0 fully saturated rings. The smallest absolute Gasteiger partial charge is 0.308 e. The molecule has 0 aliphatic carbocycles. The number of thioether (sulfide) groups is 1. The average Bonchev–Trinajstić information content (AvgIpc) is 2.45. The van der Waals surface area contributed by atoms with Crippen molar-refractivity contribution in [3.05, 3.63) is 10.6 Å². The predicted octanol–water partition coefficient (Wildman–Crippen LogP) is 1.05. The van der Waals surface area contributed by atoms with Crippen LogP contribution in [0.15, 0.2) is 4.34 Å². The molecule has 88 valence electrons. The lowest BCUT2D eigenvalue weighted by molar-refractivity contribution is -0.136. The van der Waals surface area contributed by atoms with Crippen LogP contribution < -0.4 is 5.73 Å². The second-order valence-corrected chi connectivity index (χ2v) is 5.55. The van der Waals surface area contributed by atoms with Gasteiger partial charge in [0.2, 0.25) is 5.91 Å². The number of carboxylic acid groups (broad SMARTS) is 1. The summed E-state index contributed by atoms with van der Waals surface area (Å²) in [4.78, 5) is 26.1. The second-order valence-electron chi connectivity index (χ2n) is 3.12. The monoisotopic (exact) mass is 260 g/mol. The van der Waals surface area contributed by atoms with Gasteiger partial charge in [-0.2, -0.15) is 0 Å². The van der Waals surface area contributed by atoms with Crippen molar-refractivity contribution in [2.45, 2.75) is 24.1 Å². The zero-order chi connectivity index (χ0) is 12.1. The zero-order valence-electron chi connectivity index (χ0n) is 8.73. The lowest BCUT2D eigenvalue weighted by Gasteiger charge is -1.93. The van der Waals surface area contributed by atoms with E-state index in [1.165, 1.54) is 23.1 Å². The molecule has 0 spiro atoms. The first-order valence-corrected chi connectivity index (χ1v) is 6.38. The first-order valence-electron chi connectivity index (χ1n) is 4.58. The number of carbonyl (C=O) groups is 2. The molecule has 0 aliphatic rings. The van der Waals surface area contributed by atoms with Crippen LogP contribution in [0.4, 0.5) is 0 Å². The molecule has 1 heterocycles. The molecule has 3 N–H and O–H groups in total. The lowest BCUT2D eigenvalue weighted by atomic mass is 10.3. The van der Waals surface area contributed by atoms with Crippen LogP contribution in [0.3, 0.4) is 0 Å². The third-order valence-corrected chi connectivity index (χ3v) is 4.06. The first kappa shape index (κ1) is 13.0. The number of primary amides is 1. The van der Waals surface area contributed by atoms with Crippen LogP contribution in [-0.2, 0) is 16.0 Å². The molecule has 0 atom stereocenters. The van der Waals surface area contributed by atoms with E-state index < -0.39 is 5.97 Å². The van der Waals surface area contributed by atoms with Gasteiger partial charge in [0, 0.05) is 17.1 Å². The number of hydrogen-bond donors (Lipinski definition) is 2. The van der Waals surface area contributed by atoms with Crippen molar-refractivity contribution in [1.82, 2.24) is 4.98 Å². The van der Waals surface area contributed by atoms with E-state index in [0.29, 0.717) is 12.2 Å². The molecule has 0 bridgehead atoms. The molecule has 0 unspecified atom stereocenters. The second kappa shape index (κ2) is 5.86. The van der Waals surface area contributed by atoms with Gasteiger partial charge in [-0.15, -0.1) is 11.3 Å². The topological polar surface area (TPSA) is 93.3 Å². The van der Waals surface area contributed by atoms with Crippen molar-refractivity contribution in [2.24, 2.45) is 5.73 Å². The average molecular weight is 260 g/mol. The number of hydrogen-bond acceptors (Lipinski definition) is 5. The number of rotatable bonds is 6. The molecular formula is C9H12N2O3S2. The zero-order valence-corrected chi connectivity index (χ0v) is 10.4. The van der Waals surface area contributed by atoms with Gasteiger partial charge in [0.05, 0.1) is 12.1 Å². The highest BCUT2D eigenvalue weighted by Crippen LogP contribution is 2.27. The number of nitrogens with zero attached hydrogens (tertiary/aromatic N) is 1. The Morgan fingerprint density at radius 2 is 2.25 bits per heavy atom. The van der Waals surface area contributed by atoms with Crippen molar-refractivity contribution >= 4 is 35.0 Å². The van der Waals surface area contributed by atoms with Crippen molar-refractivity contribution in [1.29, 1.82) is 0 Å². The van der Waals surface area contributed by atoms with Gasteiger partial charge in [0.15, 0.2) is 0 Å². The van der Waals surface area contributed by atoms with Gasteiger partial charge in [-0.3, -0.25) is 9.59 Å². The predicted molar refractivity (Wildman–Crippen MR) is 62.7 cm³/mol. The Morgan fingerprint density at radius 1 is 1.56 bits per heavy atom. The maximum Gasteiger partial charge on any atom is 0.308 e. The van der Waals surface area contributed by atoms with E-state index in [0.717, 1.165) is 14.9 Å². The maximum absolute atomic E-state index is 10.5. The fraction of sp³-hybridized carbons (Fsp3) is 0.444. The van der Waals surface area contributed by atoms with Gasteiger partial charge < -0.3 is 10.8 Å². The molecule has 0 aliphatic heterocycles. The van der Waals surface area contributed by atoms with Crippen LogP contribution >= 0.6 is 23.1 Å². The molecule has 1 aromatic rings. The standard InChI is InChI=1S/C9H12N2O3S2/c1-5-6(4-8(13)14)16-9(11-5)15-3-2-7(10)12/h2-4H2,1H3,(H2,10,12)(H,13,14). The summed E-state index contributed by atoms with van der Waals surface area (Å²) < 4.78 is 0.787. The summed E-state index contributed by atoms with van der Waals surface area (Å²) in [5, 5.41) is 8.66. The van der Waals surface area contributed by atoms with E-state index in [1.807, 2.05) is 0 Å². The largest absolute Gasteiger partial charge is 0.481 e. The Bertz CT molecular complexity index is 403.